The zero-order chi connectivity index (χ0) is 40.3. The molecule has 9 nitrogen and oxygen atoms in total. The van der Waals surface area contributed by atoms with Gasteiger partial charge < -0.3 is 8.98 Å². The van der Waals surface area contributed by atoms with Crippen LogP contribution >= 0.6 is 0 Å². The Morgan fingerprint density at radius 2 is 1.00 bits per heavy atom. The van der Waals surface area contributed by atoms with Gasteiger partial charge in [-0.05, 0) is 78.9 Å². The van der Waals surface area contributed by atoms with E-state index in [1.54, 1.807) is 12.4 Å². The van der Waals surface area contributed by atoms with Gasteiger partial charge in [0.1, 0.15) is 17.1 Å². The molecule has 0 aliphatic carbocycles. The molecule has 9 aromatic heterocycles. The number of benzene rings is 3. The summed E-state index contributed by atoms with van der Waals surface area (Å²) in [5, 5.41) is 4.19. The van der Waals surface area contributed by atoms with E-state index in [-0.39, 0.29) is 0 Å². The van der Waals surface area contributed by atoms with Crippen molar-refractivity contribution in [2.45, 2.75) is 0 Å². The van der Waals surface area contributed by atoms with Crippen LogP contribution in [-0.4, -0.2) is 39.0 Å². The molecule has 12 rings (SSSR count). The second kappa shape index (κ2) is 14.1. The molecular weight excluding hydrogens is 753 g/mol. The van der Waals surface area contributed by atoms with Gasteiger partial charge in [0.2, 0.25) is 0 Å². The monoisotopic (exact) mass is 784 g/mol. The first-order chi connectivity index (χ1) is 30.3. The number of fused-ring (bicyclic) bond motifs is 5. The molecule has 0 unspecified atom stereocenters. The van der Waals surface area contributed by atoms with Crippen molar-refractivity contribution < 1.29 is 4.42 Å². The number of nitrogens with zero attached hydrogens (tertiary/aromatic N) is 8. The molecule has 0 radical (unpaired) electrons. The summed E-state index contributed by atoms with van der Waals surface area (Å²) in [5.74, 6) is 0.784. The first-order valence-electron chi connectivity index (χ1n) is 20.0. The highest BCUT2D eigenvalue weighted by molar-refractivity contribution is 6.11. The predicted molar refractivity (Wildman–Crippen MR) is 241 cm³/mol. The second-order valence-electron chi connectivity index (χ2n) is 14.8. The standard InChI is InChI=1S/C52H32N8O/c1-2-14-45-39(13-1)40-20-26-58-49(52(40)61-45)33-16-18-41-43(27-33)59(50(36-11-7-23-55-31-36)47(41)34-9-5-21-53-29-34)38-17-19-42-44(28-38)60(46-15-3-4-25-57-46)51(37-12-8-24-56-32-37)48(42)35-10-6-22-54-30-35/h1-32H. The van der Waals surface area contributed by atoms with Crippen LogP contribution in [0.5, 0.6) is 0 Å². The van der Waals surface area contributed by atoms with E-state index in [1.807, 2.05) is 116 Å². The average Bonchev–Trinajstić information content (AvgIpc) is 4.01. The molecule has 0 bridgehead atoms. The van der Waals surface area contributed by atoms with Crippen LogP contribution in [0.4, 0.5) is 0 Å². The topological polar surface area (TPSA) is 100 Å². The summed E-state index contributed by atoms with van der Waals surface area (Å²) in [6, 6.07) is 45.8. The van der Waals surface area contributed by atoms with E-state index in [0.29, 0.717) is 0 Å². The summed E-state index contributed by atoms with van der Waals surface area (Å²) in [6.45, 7) is 0. The molecule has 0 saturated heterocycles. The van der Waals surface area contributed by atoms with E-state index in [1.165, 1.54) is 0 Å². The molecule has 0 N–H and O–H groups in total. The molecular formula is C52H32N8O. The highest BCUT2D eigenvalue weighted by Gasteiger charge is 2.26. The maximum atomic E-state index is 6.52. The highest BCUT2D eigenvalue weighted by Crippen LogP contribution is 2.47. The quantitative estimate of drug-likeness (QED) is 0.159. The van der Waals surface area contributed by atoms with E-state index in [2.05, 4.69) is 95.8 Å². The van der Waals surface area contributed by atoms with E-state index < -0.39 is 0 Å². The normalized spacial score (nSPS) is 11.6. The number of furan rings is 1. The number of hydrogen-bond acceptors (Lipinski definition) is 7. The third-order valence-electron chi connectivity index (χ3n) is 11.4. The van der Waals surface area contributed by atoms with Gasteiger partial charge in [-0.15, -0.1) is 0 Å². The van der Waals surface area contributed by atoms with Crippen LogP contribution in [0.25, 0.3) is 111 Å². The molecule has 0 spiro atoms. The van der Waals surface area contributed by atoms with Gasteiger partial charge in [0.15, 0.2) is 5.58 Å². The largest absolute Gasteiger partial charge is 0.454 e. The van der Waals surface area contributed by atoms with Crippen LogP contribution in [-0.2, 0) is 0 Å². The summed E-state index contributed by atoms with van der Waals surface area (Å²) >= 11 is 0. The second-order valence-corrected chi connectivity index (χ2v) is 14.8. The minimum atomic E-state index is 0.751. The third-order valence-corrected chi connectivity index (χ3v) is 11.4. The highest BCUT2D eigenvalue weighted by atomic mass is 16.3. The Morgan fingerprint density at radius 3 is 1.64 bits per heavy atom. The van der Waals surface area contributed by atoms with Crippen LogP contribution in [0.3, 0.4) is 0 Å². The molecule has 3 aromatic carbocycles. The van der Waals surface area contributed by atoms with Gasteiger partial charge >= 0.3 is 0 Å². The molecule has 61 heavy (non-hydrogen) atoms. The average molecular weight is 785 g/mol. The minimum absolute atomic E-state index is 0.751. The van der Waals surface area contributed by atoms with Crippen LogP contribution in [0.15, 0.2) is 200 Å². The van der Waals surface area contributed by atoms with Crippen molar-refractivity contribution in [1.82, 2.24) is 39.0 Å². The Labute approximate surface area is 349 Å². The molecule has 0 amide bonds. The maximum Gasteiger partial charge on any atom is 0.161 e. The van der Waals surface area contributed by atoms with Gasteiger partial charge in [0.05, 0.1) is 22.4 Å². The number of pyridine rings is 6. The van der Waals surface area contributed by atoms with Gasteiger partial charge in [-0.2, -0.15) is 0 Å². The molecule has 286 valence electrons. The van der Waals surface area contributed by atoms with Crippen LogP contribution in [0.1, 0.15) is 0 Å². The number of aromatic nitrogens is 8. The smallest absolute Gasteiger partial charge is 0.161 e. The fourth-order valence-electron chi connectivity index (χ4n) is 8.86. The first kappa shape index (κ1) is 34.5. The lowest BCUT2D eigenvalue weighted by atomic mass is 9.99. The molecule has 0 saturated carbocycles. The summed E-state index contributed by atoms with van der Waals surface area (Å²) in [5.41, 5.74) is 14.1. The Kier molecular flexibility index (Phi) is 7.95. The van der Waals surface area contributed by atoms with E-state index in [9.17, 15) is 0 Å². The summed E-state index contributed by atoms with van der Waals surface area (Å²) < 4.78 is 11.1. The van der Waals surface area contributed by atoms with Crippen LogP contribution < -0.4 is 0 Å². The number of rotatable bonds is 7. The van der Waals surface area contributed by atoms with Crippen molar-refractivity contribution in [3.8, 4) is 67.5 Å². The Bertz CT molecular complexity index is 3570. The molecule has 12 aromatic rings. The van der Waals surface area contributed by atoms with Crippen molar-refractivity contribution in [1.29, 1.82) is 0 Å². The lowest BCUT2D eigenvalue weighted by Gasteiger charge is -2.15. The summed E-state index contributed by atoms with van der Waals surface area (Å²) in [4.78, 5) is 28.2. The Morgan fingerprint density at radius 1 is 0.393 bits per heavy atom. The first-order valence-corrected chi connectivity index (χ1v) is 20.0. The van der Waals surface area contributed by atoms with E-state index in [4.69, 9.17) is 14.4 Å². The van der Waals surface area contributed by atoms with Crippen LogP contribution in [0.2, 0.25) is 0 Å². The maximum absolute atomic E-state index is 6.52. The predicted octanol–water partition coefficient (Wildman–Crippen LogP) is 12.2. The van der Waals surface area contributed by atoms with Gasteiger partial charge in [-0.3, -0.25) is 29.5 Å². The Balaban J connectivity index is 1.21. The van der Waals surface area contributed by atoms with Crippen LogP contribution in [0, 0.1) is 0 Å². The van der Waals surface area contributed by atoms with Gasteiger partial charge in [0.25, 0.3) is 0 Å². The third kappa shape index (κ3) is 5.56. The zero-order valence-corrected chi connectivity index (χ0v) is 32.5. The van der Waals surface area contributed by atoms with E-state index in [0.717, 1.165) is 111 Å². The van der Waals surface area contributed by atoms with E-state index >= 15 is 0 Å². The summed E-state index contributed by atoms with van der Waals surface area (Å²) in [6.07, 6.45) is 18.6. The molecule has 0 aliphatic heterocycles. The summed E-state index contributed by atoms with van der Waals surface area (Å²) in [7, 11) is 0. The van der Waals surface area contributed by atoms with Gasteiger partial charge in [0, 0.05) is 128 Å². The van der Waals surface area contributed by atoms with Crippen molar-refractivity contribution in [2.75, 3.05) is 0 Å². The van der Waals surface area contributed by atoms with Crippen molar-refractivity contribution in [3.63, 3.8) is 0 Å². The molecule has 0 fully saturated rings. The fraction of sp³-hybridized carbons (Fsp3) is 0. The van der Waals surface area contributed by atoms with Gasteiger partial charge in [-0.25, -0.2) is 4.98 Å². The zero-order valence-electron chi connectivity index (χ0n) is 32.5. The van der Waals surface area contributed by atoms with Crippen molar-refractivity contribution in [3.05, 3.63) is 195 Å². The van der Waals surface area contributed by atoms with Crippen molar-refractivity contribution in [2.24, 2.45) is 0 Å². The lowest BCUT2D eigenvalue weighted by molar-refractivity contribution is 0.668. The fourth-order valence-corrected chi connectivity index (χ4v) is 8.86. The van der Waals surface area contributed by atoms with Gasteiger partial charge in [-0.1, -0.05) is 54.6 Å². The Hall–Kier alpha value is -8.56. The SMILES string of the molecule is c1ccc(-n2c(-c3cccnc3)c(-c3cccnc3)c3ccc(-n4c(-c5cccnc5)c(-c5cccnc5)c5ccc(-c6nccc7c6oc6ccccc67)cc54)cc32)nc1. The number of hydrogen-bond donors (Lipinski definition) is 0. The minimum Gasteiger partial charge on any atom is -0.454 e. The number of para-hydroxylation sites is 1. The molecule has 9 heterocycles. The lowest BCUT2D eigenvalue weighted by Crippen LogP contribution is -2.02. The molecule has 9 heteroatoms. The van der Waals surface area contributed by atoms with Crippen molar-refractivity contribution >= 4 is 43.7 Å². The molecule has 0 atom stereocenters. The molecule has 0 aliphatic rings.